The van der Waals surface area contributed by atoms with Gasteiger partial charge < -0.3 is 14.2 Å². The van der Waals surface area contributed by atoms with Crippen LogP contribution in [0.4, 0.5) is 0 Å². The van der Waals surface area contributed by atoms with Crippen molar-refractivity contribution in [3.63, 3.8) is 0 Å². The summed E-state index contributed by atoms with van der Waals surface area (Å²) in [5.74, 6) is 1.39. The number of nitrogens with zero attached hydrogens (tertiary/aromatic N) is 1. The van der Waals surface area contributed by atoms with E-state index in [0.717, 1.165) is 5.75 Å². The Hall–Kier alpha value is -1.80. The largest absolute Gasteiger partial charge is 0.493 e. The quantitative estimate of drug-likeness (QED) is 0.624. The smallest absolute Gasteiger partial charge is 0.243 e. The number of morpholine rings is 1. The van der Waals surface area contributed by atoms with Gasteiger partial charge in [-0.3, -0.25) is 0 Å². The summed E-state index contributed by atoms with van der Waals surface area (Å²) in [7, 11) is -3.47. The maximum Gasteiger partial charge on any atom is 0.243 e. The van der Waals surface area contributed by atoms with Gasteiger partial charge in [0.25, 0.3) is 0 Å². The van der Waals surface area contributed by atoms with Crippen LogP contribution in [-0.4, -0.2) is 52.2 Å². The van der Waals surface area contributed by atoms with Crippen LogP contribution >= 0.6 is 11.6 Å². The molecule has 0 spiro atoms. The van der Waals surface area contributed by atoms with Gasteiger partial charge in [0.15, 0.2) is 0 Å². The number of halogens is 1. The van der Waals surface area contributed by atoms with E-state index in [4.69, 9.17) is 25.8 Å². The van der Waals surface area contributed by atoms with E-state index < -0.39 is 10.0 Å². The summed E-state index contributed by atoms with van der Waals surface area (Å²) in [6.07, 6.45) is 0.705. The molecule has 2 aromatic carbocycles. The number of hydrogen-bond acceptors (Lipinski definition) is 5. The molecule has 2 aromatic rings. The van der Waals surface area contributed by atoms with Gasteiger partial charge in [0.05, 0.1) is 31.3 Å². The summed E-state index contributed by atoms with van der Waals surface area (Å²) in [5.41, 5.74) is 0. The van der Waals surface area contributed by atoms with Crippen LogP contribution in [0.2, 0.25) is 5.02 Å². The van der Waals surface area contributed by atoms with E-state index in [1.54, 1.807) is 36.4 Å². The minimum Gasteiger partial charge on any atom is -0.493 e. The summed E-state index contributed by atoms with van der Waals surface area (Å²) in [6.45, 7) is 2.62. The summed E-state index contributed by atoms with van der Waals surface area (Å²) < 4.78 is 43.0. The lowest BCUT2D eigenvalue weighted by Crippen LogP contribution is -2.40. The van der Waals surface area contributed by atoms with Crippen molar-refractivity contribution in [1.29, 1.82) is 0 Å². The van der Waals surface area contributed by atoms with Crippen LogP contribution in [0, 0.1) is 0 Å². The minimum atomic E-state index is -3.47. The van der Waals surface area contributed by atoms with Crippen molar-refractivity contribution >= 4 is 21.6 Å². The molecule has 0 bridgehead atoms. The zero-order chi connectivity index (χ0) is 19.1. The predicted molar refractivity (Wildman–Crippen MR) is 103 cm³/mol. The first-order valence-corrected chi connectivity index (χ1v) is 10.6. The third-order valence-electron chi connectivity index (χ3n) is 4.07. The van der Waals surface area contributed by atoms with E-state index in [9.17, 15) is 8.42 Å². The molecular formula is C19H22ClNO5S. The lowest BCUT2D eigenvalue weighted by molar-refractivity contribution is 0.0730. The fraction of sp³-hybridized carbons (Fsp3) is 0.368. The highest BCUT2D eigenvalue weighted by molar-refractivity contribution is 7.89. The Kier molecular flexibility index (Phi) is 6.95. The first kappa shape index (κ1) is 19.9. The fourth-order valence-corrected chi connectivity index (χ4v) is 4.15. The molecule has 3 rings (SSSR count). The Balaban J connectivity index is 1.44. The summed E-state index contributed by atoms with van der Waals surface area (Å²) >= 11 is 5.83. The van der Waals surface area contributed by atoms with Crippen LogP contribution in [0.15, 0.2) is 53.4 Å². The lowest BCUT2D eigenvalue weighted by atomic mass is 10.3. The second-order valence-corrected chi connectivity index (χ2v) is 8.37. The first-order chi connectivity index (χ1) is 13.1. The second-order valence-electron chi connectivity index (χ2n) is 5.99. The minimum absolute atomic E-state index is 0.267. The molecule has 1 aliphatic rings. The molecule has 6 nitrogen and oxygen atoms in total. The molecular weight excluding hydrogens is 390 g/mol. The highest BCUT2D eigenvalue weighted by Crippen LogP contribution is 2.21. The van der Waals surface area contributed by atoms with Gasteiger partial charge in [0.2, 0.25) is 10.0 Å². The molecule has 27 heavy (non-hydrogen) atoms. The third kappa shape index (κ3) is 5.59. The van der Waals surface area contributed by atoms with E-state index >= 15 is 0 Å². The number of benzene rings is 2. The van der Waals surface area contributed by atoms with Gasteiger partial charge in [-0.15, -0.1) is 0 Å². The Morgan fingerprint density at radius 1 is 0.889 bits per heavy atom. The molecule has 0 aliphatic carbocycles. The molecule has 0 amide bonds. The van der Waals surface area contributed by atoms with Crippen molar-refractivity contribution in [2.24, 2.45) is 0 Å². The number of rotatable bonds is 8. The second kappa shape index (κ2) is 9.41. The monoisotopic (exact) mass is 411 g/mol. The van der Waals surface area contributed by atoms with Crippen molar-refractivity contribution in [2.45, 2.75) is 11.3 Å². The molecule has 1 saturated heterocycles. The molecule has 0 unspecified atom stereocenters. The normalized spacial score (nSPS) is 15.4. The van der Waals surface area contributed by atoms with Crippen LogP contribution in [0.5, 0.6) is 11.5 Å². The Bertz CT molecular complexity index is 818. The van der Waals surface area contributed by atoms with Gasteiger partial charge in [-0.05, 0) is 48.5 Å². The number of ether oxygens (including phenoxy) is 3. The molecule has 0 saturated carbocycles. The topological polar surface area (TPSA) is 65.1 Å². The highest BCUT2D eigenvalue weighted by Gasteiger charge is 2.26. The van der Waals surface area contributed by atoms with E-state index in [1.165, 1.54) is 4.31 Å². The maximum absolute atomic E-state index is 12.6. The lowest BCUT2D eigenvalue weighted by Gasteiger charge is -2.26. The molecule has 0 atom stereocenters. The summed E-state index contributed by atoms with van der Waals surface area (Å²) in [5, 5.41) is 0.671. The van der Waals surface area contributed by atoms with E-state index in [2.05, 4.69) is 0 Å². The molecule has 146 valence electrons. The van der Waals surface area contributed by atoms with Crippen LogP contribution in [-0.2, 0) is 14.8 Å². The fourth-order valence-electron chi connectivity index (χ4n) is 2.61. The molecule has 1 heterocycles. The average molecular weight is 412 g/mol. The van der Waals surface area contributed by atoms with Crippen molar-refractivity contribution in [3.8, 4) is 11.5 Å². The Morgan fingerprint density at radius 3 is 1.96 bits per heavy atom. The van der Waals surface area contributed by atoms with E-state index in [-0.39, 0.29) is 4.90 Å². The van der Waals surface area contributed by atoms with Gasteiger partial charge in [0, 0.05) is 24.5 Å². The average Bonchev–Trinajstić information content (AvgIpc) is 2.70. The van der Waals surface area contributed by atoms with Crippen LogP contribution in [0.3, 0.4) is 0 Å². The molecule has 0 radical (unpaired) electrons. The number of hydrogen-bond donors (Lipinski definition) is 0. The van der Waals surface area contributed by atoms with Crippen LogP contribution in [0.1, 0.15) is 6.42 Å². The van der Waals surface area contributed by atoms with E-state index in [1.807, 2.05) is 12.1 Å². The first-order valence-electron chi connectivity index (χ1n) is 8.75. The highest BCUT2D eigenvalue weighted by atomic mass is 35.5. The number of sulfonamides is 1. The van der Waals surface area contributed by atoms with Crippen molar-refractivity contribution in [1.82, 2.24) is 4.31 Å². The van der Waals surface area contributed by atoms with Gasteiger partial charge >= 0.3 is 0 Å². The zero-order valence-electron chi connectivity index (χ0n) is 14.8. The molecule has 0 aromatic heterocycles. The van der Waals surface area contributed by atoms with Crippen LogP contribution in [0.25, 0.3) is 0 Å². The van der Waals surface area contributed by atoms with Gasteiger partial charge in [-0.2, -0.15) is 4.31 Å². The van der Waals surface area contributed by atoms with Gasteiger partial charge in [0.1, 0.15) is 11.5 Å². The Morgan fingerprint density at radius 2 is 1.41 bits per heavy atom. The van der Waals surface area contributed by atoms with Gasteiger partial charge in [-0.1, -0.05) is 11.6 Å². The van der Waals surface area contributed by atoms with Crippen molar-refractivity contribution < 1.29 is 22.6 Å². The maximum atomic E-state index is 12.6. The van der Waals surface area contributed by atoms with E-state index in [0.29, 0.717) is 56.7 Å². The predicted octanol–water partition coefficient (Wildman–Crippen LogP) is 3.21. The summed E-state index contributed by atoms with van der Waals surface area (Å²) in [6, 6.07) is 13.7. The third-order valence-corrected chi connectivity index (χ3v) is 6.24. The molecule has 1 aliphatic heterocycles. The molecule has 8 heteroatoms. The zero-order valence-corrected chi connectivity index (χ0v) is 16.4. The Labute approximate surface area is 164 Å². The van der Waals surface area contributed by atoms with Crippen molar-refractivity contribution in [3.05, 3.63) is 53.6 Å². The van der Waals surface area contributed by atoms with Gasteiger partial charge in [-0.25, -0.2) is 8.42 Å². The molecule has 1 fully saturated rings. The summed E-state index contributed by atoms with van der Waals surface area (Å²) in [4.78, 5) is 0.267. The van der Waals surface area contributed by atoms with Crippen LogP contribution < -0.4 is 9.47 Å². The molecule has 0 N–H and O–H groups in total. The standard InChI is InChI=1S/C19H22ClNO5S/c20-16-2-4-17(5-3-16)25-12-1-13-26-18-6-8-19(9-7-18)27(22,23)21-10-14-24-15-11-21/h2-9H,1,10-15H2. The SMILES string of the molecule is O=S(=O)(c1ccc(OCCCOc2ccc(Cl)cc2)cc1)N1CCOCC1. The van der Waals surface area contributed by atoms with Crippen molar-refractivity contribution in [2.75, 3.05) is 39.5 Å².